The lowest BCUT2D eigenvalue weighted by Gasteiger charge is -2.49. The first kappa shape index (κ1) is 40.0. The van der Waals surface area contributed by atoms with Crippen LogP contribution < -0.4 is 0 Å². The van der Waals surface area contributed by atoms with Crippen LogP contribution in [-0.4, -0.2) is 108 Å². The van der Waals surface area contributed by atoms with Gasteiger partial charge in [0.15, 0.2) is 12.1 Å². The van der Waals surface area contributed by atoms with E-state index in [4.69, 9.17) is 33.2 Å². The van der Waals surface area contributed by atoms with E-state index in [0.717, 1.165) is 18.4 Å². The summed E-state index contributed by atoms with van der Waals surface area (Å²) in [5.74, 6) is -2.20. The van der Waals surface area contributed by atoms with E-state index in [1.807, 2.05) is 32.1 Å². The average Bonchev–Trinajstić information content (AvgIpc) is 3.49. The van der Waals surface area contributed by atoms with Gasteiger partial charge in [0.2, 0.25) is 0 Å². The number of aliphatic hydroxyl groups excluding tert-OH is 2. The molecule has 2 bridgehead atoms. The van der Waals surface area contributed by atoms with Crippen LogP contribution in [-0.2, 0) is 38.0 Å². The molecule has 11 nitrogen and oxygen atoms in total. The Balaban J connectivity index is 1.24. The van der Waals surface area contributed by atoms with E-state index in [0.29, 0.717) is 42.7 Å². The second-order valence-electron chi connectivity index (χ2n) is 17.1. The second kappa shape index (κ2) is 16.3. The van der Waals surface area contributed by atoms with Crippen molar-refractivity contribution in [2.24, 2.45) is 23.7 Å². The van der Waals surface area contributed by atoms with Crippen molar-refractivity contribution in [3.63, 3.8) is 0 Å². The normalized spacial score (nSPS) is 46.4. The Morgan fingerprint density at radius 1 is 0.944 bits per heavy atom. The molecule has 5 aliphatic heterocycles. The number of esters is 1. The number of hydrogen-bond donors (Lipinski definition) is 3. The fourth-order valence-corrected chi connectivity index (χ4v) is 9.99. The zero-order valence-corrected chi connectivity index (χ0v) is 32.8. The molecule has 15 atom stereocenters. The summed E-state index contributed by atoms with van der Waals surface area (Å²) in [6.07, 6.45) is 15.5. The van der Waals surface area contributed by atoms with Crippen molar-refractivity contribution in [2.45, 2.75) is 165 Å². The van der Waals surface area contributed by atoms with Gasteiger partial charge >= 0.3 is 5.97 Å². The number of hydrogen-bond acceptors (Lipinski definition) is 11. The number of aliphatic hydroxyl groups is 3. The zero-order chi connectivity index (χ0) is 38.4. The third-order valence-electron chi connectivity index (χ3n) is 13.2. The molecule has 2 aliphatic carbocycles. The van der Waals surface area contributed by atoms with E-state index in [-0.39, 0.29) is 30.7 Å². The number of carbonyl (C=O) groups is 1. The van der Waals surface area contributed by atoms with Crippen molar-refractivity contribution in [2.75, 3.05) is 13.7 Å². The number of fused-ring (bicyclic) bond motifs is 2. The lowest BCUT2D eigenvalue weighted by atomic mass is 9.71. The highest BCUT2D eigenvalue weighted by Crippen LogP contribution is 2.47. The van der Waals surface area contributed by atoms with Crippen LogP contribution in [0.5, 0.6) is 0 Å². The van der Waals surface area contributed by atoms with Gasteiger partial charge in [0.05, 0.1) is 37.1 Å². The topological polar surface area (TPSA) is 142 Å². The Hall–Kier alpha value is -2.19. The standard InChI is InChI=1S/C43H62O11/c1-24-11-10-14-30-23-49-40-36(44)27(4)19-33(43(30,40)47)41(46)51-32-20-31(16-15-25(2)38(24)52-35-21-34(48-6)37(45)28(5)50-35)53-42(22-32)18-17-26(3)39(54-42)29-12-8-7-9-13-29/h10-11,14-15,17-19,24,26,28-29,31-40,44-45,47H,7-9,12-13,16,20-23H2,1-6H3/t24-,26-,28-,31+,32?,33-,34-,35-,36+,37-,38-,39-,40+,42+,43+/m0/s1. The molecule has 0 aromatic rings. The monoisotopic (exact) mass is 754 g/mol. The van der Waals surface area contributed by atoms with Crippen molar-refractivity contribution in [3.8, 4) is 0 Å². The van der Waals surface area contributed by atoms with E-state index in [9.17, 15) is 20.1 Å². The maximum absolute atomic E-state index is 14.3. The number of methoxy groups -OCH3 is 1. The Morgan fingerprint density at radius 3 is 2.48 bits per heavy atom. The molecule has 54 heavy (non-hydrogen) atoms. The second-order valence-corrected chi connectivity index (χ2v) is 17.1. The Morgan fingerprint density at radius 2 is 1.72 bits per heavy atom. The lowest BCUT2D eigenvalue weighted by molar-refractivity contribution is -0.301. The van der Waals surface area contributed by atoms with Crippen LogP contribution >= 0.6 is 0 Å². The molecular weight excluding hydrogens is 692 g/mol. The van der Waals surface area contributed by atoms with Gasteiger partial charge in [-0.1, -0.05) is 69.6 Å². The van der Waals surface area contributed by atoms with Crippen LogP contribution in [0.2, 0.25) is 0 Å². The van der Waals surface area contributed by atoms with Crippen LogP contribution in [0.3, 0.4) is 0 Å². The molecule has 0 aromatic heterocycles. The summed E-state index contributed by atoms with van der Waals surface area (Å²) in [7, 11) is 1.59. The van der Waals surface area contributed by atoms with Gasteiger partial charge in [-0.3, -0.25) is 4.79 Å². The number of ether oxygens (including phenoxy) is 7. The summed E-state index contributed by atoms with van der Waals surface area (Å²) in [5.41, 5.74) is 0.217. The Labute approximate surface area is 320 Å². The molecule has 300 valence electrons. The molecule has 3 N–H and O–H groups in total. The minimum Gasteiger partial charge on any atom is -0.462 e. The maximum Gasteiger partial charge on any atom is 0.316 e. The van der Waals surface area contributed by atoms with Crippen LogP contribution in [0.25, 0.3) is 0 Å². The molecule has 3 saturated heterocycles. The molecule has 1 saturated carbocycles. The molecule has 5 heterocycles. The van der Waals surface area contributed by atoms with Crippen LogP contribution in [0.4, 0.5) is 0 Å². The predicted octanol–water partition coefficient (Wildman–Crippen LogP) is 5.38. The van der Waals surface area contributed by atoms with Gasteiger partial charge in [-0.25, -0.2) is 0 Å². The van der Waals surface area contributed by atoms with Crippen LogP contribution in [0.1, 0.15) is 92.4 Å². The SMILES string of the molecule is CO[C@H]1C[C@H](O[C@@H]2C(C)=CC[C@@H]3CC(C[C@]4(C=C[C@H](C)[C@@H](C5CCCCC5)O4)O3)OC(=O)[C@@H]3C=C(C)[C@@H](O)[C@H]4OCC(=CC=C[C@@H]2C)[C@]43O)O[C@@H](C)[C@@H]1O. The summed E-state index contributed by atoms with van der Waals surface area (Å²) >= 11 is 0. The fraction of sp³-hybridized carbons (Fsp3) is 0.744. The van der Waals surface area contributed by atoms with E-state index >= 15 is 0 Å². The average molecular weight is 755 g/mol. The first-order valence-electron chi connectivity index (χ1n) is 20.3. The predicted molar refractivity (Wildman–Crippen MR) is 200 cm³/mol. The quantitative estimate of drug-likeness (QED) is 0.252. The van der Waals surface area contributed by atoms with Gasteiger partial charge in [-0.2, -0.15) is 0 Å². The number of carbonyl (C=O) groups excluding carboxylic acids is 1. The Bertz CT molecular complexity index is 1510. The Kier molecular flexibility index (Phi) is 12.1. The molecule has 1 spiro atoms. The van der Waals surface area contributed by atoms with Gasteiger partial charge in [0, 0.05) is 38.2 Å². The van der Waals surface area contributed by atoms with Crippen molar-refractivity contribution in [1.29, 1.82) is 0 Å². The summed E-state index contributed by atoms with van der Waals surface area (Å²) < 4.78 is 44.8. The molecule has 1 unspecified atom stereocenters. The summed E-state index contributed by atoms with van der Waals surface area (Å²) in [6.45, 7) is 9.92. The molecule has 0 aromatic carbocycles. The smallest absolute Gasteiger partial charge is 0.316 e. The minimum atomic E-state index is -1.81. The van der Waals surface area contributed by atoms with Crippen molar-refractivity contribution in [1.82, 2.24) is 0 Å². The summed E-state index contributed by atoms with van der Waals surface area (Å²) in [4.78, 5) is 14.3. The van der Waals surface area contributed by atoms with Crippen LogP contribution in [0.15, 0.2) is 59.3 Å². The summed E-state index contributed by atoms with van der Waals surface area (Å²) in [5, 5.41) is 34.2. The van der Waals surface area contributed by atoms with E-state index < -0.39 is 72.3 Å². The van der Waals surface area contributed by atoms with Gasteiger partial charge in [-0.05, 0) is 68.7 Å². The number of rotatable bonds is 4. The van der Waals surface area contributed by atoms with Gasteiger partial charge in [0.25, 0.3) is 0 Å². The highest BCUT2D eigenvalue weighted by Gasteiger charge is 2.60. The highest BCUT2D eigenvalue weighted by molar-refractivity contribution is 5.78. The molecule has 7 aliphatic rings. The molecular formula is C43H62O11. The first-order chi connectivity index (χ1) is 25.8. The van der Waals surface area contributed by atoms with Gasteiger partial charge in [0.1, 0.15) is 35.9 Å². The minimum absolute atomic E-state index is 0.00602. The molecule has 0 amide bonds. The van der Waals surface area contributed by atoms with Crippen molar-refractivity contribution >= 4 is 5.97 Å². The molecule has 11 heteroatoms. The van der Waals surface area contributed by atoms with E-state index in [1.54, 1.807) is 26.2 Å². The van der Waals surface area contributed by atoms with Crippen molar-refractivity contribution in [3.05, 3.63) is 59.3 Å². The maximum atomic E-state index is 14.3. The van der Waals surface area contributed by atoms with Gasteiger partial charge < -0.3 is 48.5 Å². The first-order valence-corrected chi connectivity index (χ1v) is 20.3. The zero-order valence-electron chi connectivity index (χ0n) is 32.8. The summed E-state index contributed by atoms with van der Waals surface area (Å²) in [6, 6.07) is 0. The molecule has 4 fully saturated rings. The lowest BCUT2D eigenvalue weighted by Crippen LogP contribution is -2.58. The highest BCUT2D eigenvalue weighted by atomic mass is 16.7. The van der Waals surface area contributed by atoms with E-state index in [2.05, 4.69) is 26.0 Å². The number of allylic oxidation sites excluding steroid dienone is 2. The van der Waals surface area contributed by atoms with Crippen LogP contribution in [0, 0.1) is 23.7 Å². The third-order valence-corrected chi connectivity index (χ3v) is 13.2. The van der Waals surface area contributed by atoms with Crippen molar-refractivity contribution < 1.29 is 53.3 Å². The molecule has 0 radical (unpaired) electrons. The van der Waals surface area contributed by atoms with E-state index in [1.165, 1.54) is 19.3 Å². The fourth-order valence-electron chi connectivity index (χ4n) is 9.99. The molecule has 7 rings (SSSR count). The largest absolute Gasteiger partial charge is 0.462 e. The van der Waals surface area contributed by atoms with Gasteiger partial charge in [-0.15, -0.1) is 0 Å². The third kappa shape index (κ3) is 7.87.